The molecule has 0 saturated carbocycles. The first-order valence-corrected chi connectivity index (χ1v) is 8.77. The van der Waals surface area contributed by atoms with Crippen molar-refractivity contribution in [3.05, 3.63) is 74.8 Å². The number of Topliss-reactive ketones (excluding diaryl/α,β-unsaturated/α-hetero) is 1. The summed E-state index contributed by atoms with van der Waals surface area (Å²) in [6.45, 7) is 0. The Bertz CT molecular complexity index is 1170. The maximum absolute atomic E-state index is 12.6. The summed E-state index contributed by atoms with van der Waals surface area (Å²) in [7, 11) is 0. The molecule has 148 valence electrons. The molecule has 4 rings (SSSR count). The van der Waals surface area contributed by atoms with E-state index in [1.807, 2.05) is 0 Å². The molecule has 2 heterocycles. The van der Waals surface area contributed by atoms with Crippen LogP contribution < -0.4 is 10.3 Å². The molecule has 0 N–H and O–H groups in total. The van der Waals surface area contributed by atoms with Gasteiger partial charge in [-0.2, -0.15) is 23.0 Å². The summed E-state index contributed by atoms with van der Waals surface area (Å²) in [6.07, 6.45) is -1.72. The molecule has 1 aliphatic rings. The number of carbonyl (C=O) groups is 1. The summed E-state index contributed by atoms with van der Waals surface area (Å²) >= 11 is 6.08. The molecule has 10 heteroatoms. The van der Waals surface area contributed by atoms with Crippen LogP contribution >= 0.6 is 11.6 Å². The SMILES string of the molecule is O=C1CCc2cc(Oc3cnn(-c4ccc(C(F)(F)F)cn4)c(=O)c3Cl)ccc21. The number of benzene rings is 1. The average Bonchev–Trinajstić information content (AvgIpc) is 3.05. The number of ether oxygens (including phenoxy) is 1. The van der Waals surface area contributed by atoms with Crippen molar-refractivity contribution in [2.24, 2.45) is 0 Å². The number of aromatic nitrogens is 3. The number of pyridine rings is 1. The van der Waals surface area contributed by atoms with Crippen molar-refractivity contribution in [3.63, 3.8) is 0 Å². The second-order valence-corrected chi connectivity index (χ2v) is 6.66. The Labute approximate surface area is 166 Å². The Hall–Kier alpha value is -3.20. The third kappa shape index (κ3) is 3.61. The number of nitrogens with zero attached hydrogens (tertiary/aromatic N) is 3. The van der Waals surface area contributed by atoms with E-state index >= 15 is 0 Å². The Morgan fingerprint density at radius 1 is 1.07 bits per heavy atom. The van der Waals surface area contributed by atoms with Crippen molar-refractivity contribution >= 4 is 17.4 Å². The highest BCUT2D eigenvalue weighted by Gasteiger charge is 2.31. The standard InChI is InChI=1S/C19H11ClF3N3O3/c20-17-15(29-12-3-4-13-10(7-12)1-5-14(13)27)9-25-26(18(17)28)16-6-2-11(8-24-16)19(21,22)23/h2-4,6-9H,1,5H2. The van der Waals surface area contributed by atoms with Gasteiger partial charge >= 0.3 is 6.18 Å². The number of fused-ring (bicyclic) bond motifs is 1. The van der Waals surface area contributed by atoms with Gasteiger partial charge in [-0.05, 0) is 42.3 Å². The van der Waals surface area contributed by atoms with Crippen molar-refractivity contribution in [2.75, 3.05) is 0 Å². The number of alkyl halides is 3. The van der Waals surface area contributed by atoms with Crippen LogP contribution in [-0.2, 0) is 12.6 Å². The number of aryl methyl sites for hydroxylation is 1. The van der Waals surface area contributed by atoms with Crippen molar-refractivity contribution in [3.8, 4) is 17.3 Å². The van der Waals surface area contributed by atoms with E-state index in [-0.39, 0.29) is 22.4 Å². The number of hydrogen-bond donors (Lipinski definition) is 0. The van der Waals surface area contributed by atoms with E-state index in [9.17, 15) is 22.8 Å². The molecule has 0 atom stereocenters. The van der Waals surface area contributed by atoms with Crippen LogP contribution in [0.5, 0.6) is 11.5 Å². The number of rotatable bonds is 3. The van der Waals surface area contributed by atoms with Gasteiger partial charge in [0.25, 0.3) is 5.56 Å². The first-order chi connectivity index (χ1) is 13.7. The Kier molecular flexibility index (Phi) is 4.62. The van der Waals surface area contributed by atoms with Gasteiger partial charge in [0.15, 0.2) is 22.4 Å². The van der Waals surface area contributed by atoms with Crippen molar-refractivity contribution in [1.29, 1.82) is 0 Å². The molecule has 0 fully saturated rings. The molecular weight excluding hydrogens is 411 g/mol. The third-order valence-electron chi connectivity index (χ3n) is 4.41. The quantitative estimate of drug-likeness (QED) is 0.633. The molecule has 1 aliphatic carbocycles. The van der Waals surface area contributed by atoms with Gasteiger partial charge in [0.05, 0.1) is 11.8 Å². The number of carbonyl (C=O) groups excluding carboxylic acids is 1. The van der Waals surface area contributed by atoms with E-state index < -0.39 is 17.3 Å². The summed E-state index contributed by atoms with van der Waals surface area (Å²) in [5.74, 6) is 0.307. The monoisotopic (exact) mass is 421 g/mol. The van der Waals surface area contributed by atoms with Gasteiger partial charge in [-0.15, -0.1) is 0 Å². The fourth-order valence-electron chi connectivity index (χ4n) is 2.95. The van der Waals surface area contributed by atoms with Crippen LogP contribution in [0.4, 0.5) is 13.2 Å². The highest BCUT2D eigenvalue weighted by Crippen LogP contribution is 2.31. The first kappa shape index (κ1) is 19.1. The van der Waals surface area contributed by atoms with Gasteiger partial charge in [-0.3, -0.25) is 9.59 Å². The van der Waals surface area contributed by atoms with Crippen LogP contribution in [-0.4, -0.2) is 20.5 Å². The minimum Gasteiger partial charge on any atom is -0.454 e. The van der Waals surface area contributed by atoms with Gasteiger partial charge in [0.2, 0.25) is 0 Å². The maximum Gasteiger partial charge on any atom is 0.417 e. The van der Waals surface area contributed by atoms with Crippen LogP contribution in [0.3, 0.4) is 0 Å². The van der Waals surface area contributed by atoms with E-state index in [2.05, 4.69) is 10.1 Å². The molecule has 29 heavy (non-hydrogen) atoms. The topological polar surface area (TPSA) is 74.1 Å². The molecule has 2 aromatic heterocycles. The fourth-order valence-corrected chi connectivity index (χ4v) is 3.12. The first-order valence-electron chi connectivity index (χ1n) is 8.39. The fraction of sp³-hybridized carbons (Fsp3) is 0.158. The summed E-state index contributed by atoms with van der Waals surface area (Å²) in [5, 5.41) is 3.57. The molecule has 0 saturated heterocycles. The smallest absolute Gasteiger partial charge is 0.417 e. The van der Waals surface area contributed by atoms with Crippen molar-refractivity contribution < 1.29 is 22.7 Å². The molecule has 0 radical (unpaired) electrons. The average molecular weight is 422 g/mol. The lowest BCUT2D eigenvalue weighted by Gasteiger charge is -2.11. The van der Waals surface area contributed by atoms with Crippen LogP contribution in [0.15, 0.2) is 47.5 Å². The van der Waals surface area contributed by atoms with Gasteiger partial charge in [-0.25, -0.2) is 4.98 Å². The van der Waals surface area contributed by atoms with Gasteiger partial charge in [0.1, 0.15) is 5.75 Å². The molecule has 0 aliphatic heterocycles. The Morgan fingerprint density at radius 3 is 2.55 bits per heavy atom. The lowest BCUT2D eigenvalue weighted by atomic mass is 10.1. The van der Waals surface area contributed by atoms with Crippen LogP contribution in [0.2, 0.25) is 5.02 Å². The molecular formula is C19H11ClF3N3O3. The van der Waals surface area contributed by atoms with Gasteiger partial charge in [-0.1, -0.05) is 11.6 Å². The molecule has 1 aromatic carbocycles. The van der Waals surface area contributed by atoms with Crippen LogP contribution in [0, 0.1) is 0 Å². The van der Waals surface area contributed by atoms with E-state index in [1.165, 1.54) is 6.20 Å². The van der Waals surface area contributed by atoms with Gasteiger partial charge in [0, 0.05) is 18.2 Å². The number of halogens is 4. The zero-order valence-corrected chi connectivity index (χ0v) is 15.3. The maximum atomic E-state index is 12.6. The summed E-state index contributed by atoms with van der Waals surface area (Å²) in [6, 6.07) is 6.74. The molecule has 0 spiro atoms. The largest absolute Gasteiger partial charge is 0.454 e. The Morgan fingerprint density at radius 2 is 1.86 bits per heavy atom. The van der Waals surface area contributed by atoms with E-state index in [0.717, 1.165) is 22.4 Å². The van der Waals surface area contributed by atoms with E-state index in [1.54, 1.807) is 18.2 Å². The summed E-state index contributed by atoms with van der Waals surface area (Å²) in [4.78, 5) is 27.8. The Balaban J connectivity index is 1.63. The number of ketones is 1. The molecule has 3 aromatic rings. The second-order valence-electron chi connectivity index (χ2n) is 6.29. The predicted octanol–water partition coefficient (Wildman–Crippen LogP) is 4.22. The molecule has 6 nitrogen and oxygen atoms in total. The second kappa shape index (κ2) is 7.00. The lowest BCUT2D eigenvalue weighted by molar-refractivity contribution is -0.137. The summed E-state index contributed by atoms with van der Waals surface area (Å²) < 4.78 is 44.3. The van der Waals surface area contributed by atoms with Crippen LogP contribution in [0.1, 0.15) is 27.9 Å². The zero-order chi connectivity index (χ0) is 20.8. The minimum atomic E-state index is -4.54. The lowest BCUT2D eigenvalue weighted by Crippen LogP contribution is -2.23. The van der Waals surface area contributed by atoms with Crippen LogP contribution in [0.25, 0.3) is 5.82 Å². The van der Waals surface area contributed by atoms with Gasteiger partial charge < -0.3 is 4.74 Å². The molecule has 0 unspecified atom stereocenters. The summed E-state index contributed by atoms with van der Waals surface area (Å²) in [5.41, 5.74) is -0.257. The van der Waals surface area contributed by atoms with E-state index in [0.29, 0.717) is 30.4 Å². The predicted molar refractivity (Wildman–Crippen MR) is 96.8 cm³/mol. The highest BCUT2D eigenvalue weighted by molar-refractivity contribution is 6.31. The minimum absolute atomic E-state index is 0.0240. The molecule has 0 bridgehead atoms. The van der Waals surface area contributed by atoms with Crippen molar-refractivity contribution in [2.45, 2.75) is 19.0 Å². The highest BCUT2D eigenvalue weighted by atomic mass is 35.5. The van der Waals surface area contributed by atoms with Crippen molar-refractivity contribution in [1.82, 2.24) is 14.8 Å². The number of hydrogen-bond acceptors (Lipinski definition) is 5. The molecule has 0 amide bonds. The third-order valence-corrected chi connectivity index (χ3v) is 4.75. The zero-order valence-electron chi connectivity index (χ0n) is 14.5. The van der Waals surface area contributed by atoms with E-state index in [4.69, 9.17) is 16.3 Å². The normalized spacial score (nSPS) is 13.4.